The molecule has 0 fully saturated rings. The van der Waals surface area contributed by atoms with Gasteiger partial charge in [-0.2, -0.15) is 5.10 Å². The van der Waals surface area contributed by atoms with Gasteiger partial charge in [0.15, 0.2) is 0 Å². The molecule has 0 aliphatic carbocycles. The van der Waals surface area contributed by atoms with E-state index in [1.807, 2.05) is 0 Å². The van der Waals surface area contributed by atoms with Crippen molar-refractivity contribution in [2.45, 2.75) is 0 Å². The van der Waals surface area contributed by atoms with Crippen LogP contribution in [0.2, 0.25) is 10.0 Å². The van der Waals surface area contributed by atoms with Crippen molar-refractivity contribution >= 4 is 50.0 Å². The average molecular weight is 496 g/mol. The number of sulfonamides is 1. The van der Waals surface area contributed by atoms with Crippen LogP contribution in [0, 0.1) is 11.6 Å². The predicted molar refractivity (Wildman–Crippen MR) is 119 cm³/mol. The maximum Gasteiger partial charge on any atom is 0.266 e. The van der Waals surface area contributed by atoms with Crippen molar-refractivity contribution in [2.75, 3.05) is 6.26 Å². The van der Waals surface area contributed by atoms with Gasteiger partial charge in [-0.1, -0.05) is 23.2 Å². The zero-order chi connectivity index (χ0) is 23.2. The van der Waals surface area contributed by atoms with E-state index in [-0.39, 0.29) is 16.3 Å². The van der Waals surface area contributed by atoms with Gasteiger partial charge in [0, 0.05) is 16.0 Å². The van der Waals surface area contributed by atoms with Crippen molar-refractivity contribution in [1.82, 2.24) is 14.5 Å². The first kappa shape index (κ1) is 22.2. The van der Waals surface area contributed by atoms with Crippen molar-refractivity contribution in [3.63, 3.8) is 0 Å². The molecule has 1 heterocycles. The Kier molecular flexibility index (Phi) is 5.66. The second kappa shape index (κ2) is 8.16. The minimum atomic E-state index is -3.86. The summed E-state index contributed by atoms with van der Waals surface area (Å²) in [5.41, 5.74) is 1.06. The summed E-state index contributed by atoms with van der Waals surface area (Å²) in [6.07, 6.45) is 0.793. The molecular weight excluding hydrogens is 483 g/mol. The van der Waals surface area contributed by atoms with Gasteiger partial charge in [-0.05, 0) is 54.6 Å². The van der Waals surface area contributed by atoms with Crippen LogP contribution in [-0.2, 0) is 10.0 Å². The van der Waals surface area contributed by atoms with Crippen LogP contribution in [0.4, 0.5) is 8.78 Å². The first-order valence-electron chi connectivity index (χ1n) is 8.99. The number of carbonyl (C=O) groups is 1. The molecular formula is C21H13Cl2F2N3O3S. The number of benzene rings is 3. The van der Waals surface area contributed by atoms with Gasteiger partial charge < -0.3 is 0 Å². The highest BCUT2D eigenvalue weighted by Gasteiger charge is 2.21. The Morgan fingerprint density at radius 2 is 1.72 bits per heavy atom. The Balaban J connectivity index is 1.90. The minimum absolute atomic E-state index is 0.0772. The summed E-state index contributed by atoms with van der Waals surface area (Å²) in [6, 6.07) is 12.5. The van der Waals surface area contributed by atoms with Gasteiger partial charge in [0.25, 0.3) is 5.91 Å². The summed E-state index contributed by atoms with van der Waals surface area (Å²) in [5.74, 6) is -2.35. The molecule has 1 amide bonds. The Morgan fingerprint density at radius 3 is 2.38 bits per heavy atom. The van der Waals surface area contributed by atoms with Crippen molar-refractivity contribution in [2.24, 2.45) is 0 Å². The van der Waals surface area contributed by atoms with E-state index in [0.717, 1.165) is 12.3 Å². The fourth-order valence-electron chi connectivity index (χ4n) is 3.19. The number of fused-ring (bicyclic) bond motifs is 1. The smallest absolute Gasteiger partial charge is 0.266 e. The first-order chi connectivity index (χ1) is 15.0. The molecule has 3 aromatic carbocycles. The van der Waals surface area contributed by atoms with Crippen LogP contribution < -0.4 is 4.72 Å². The molecule has 0 spiro atoms. The van der Waals surface area contributed by atoms with Crippen LogP contribution in [-0.4, -0.2) is 30.4 Å². The molecule has 11 heteroatoms. The summed E-state index contributed by atoms with van der Waals surface area (Å²) in [7, 11) is -3.86. The van der Waals surface area contributed by atoms with Gasteiger partial charge in [0.2, 0.25) is 10.0 Å². The molecule has 4 rings (SSSR count). The Labute approximate surface area is 191 Å². The van der Waals surface area contributed by atoms with Crippen molar-refractivity contribution in [3.05, 3.63) is 81.8 Å². The first-order valence-corrected chi connectivity index (χ1v) is 11.6. The van der Waals surface area contributed by atoms with Gasteiger partial charge in [-0.3, -0.25) is 4.79 Å². The number of rotatable bonds is 4. The second-order valence-corrected chi connectivity index (χ2v) is 9.51. The highest BCUT2D eigenvalue weighted by atomic mass is 35.5. The summed E-state index contributed by atoms with van der Waals surface area (Å²) in [5, 5.41) is 5.30. The molecule has 0 unspecified atom stereocenters. The third kappa shape index (κ3) is 4.32. The topological polar surface area (TPSA) is 81.1 Å². The number of nitrogens with one attached hydrogen (secondary N) is 1. The van der Waals surface area contributed by atoms with Crippen LogP contribution in [0.15, 0.2) is 54.6 Å². The van der Waals surface area contributed by atoms with Crippen LogP contribution in [0.25, 0.3) is 27.8 Å². The fraction of sp³-hybridized carbons (Fsp3) is 0.0476. The lowest BCUT2D eigenvalue weighted by atomic mass is 10.1. The van der Waals surface area contributed by atoms with E-state index >= 15 is 4.39 Å². The molecule has 0 aliphatic heterocycles. The third-order valence-electron chi connectivity index (χ3n) is 4.55. The number of aromatic nitrogens is 2. The molecule has 1 aromatic heterocycles. The maximum atomic E-state index is 15.1. The van der Waals surface area contributed by atoms with E-state index in [0.29, 0.717) is 27.2 Å². The van der Waals surface area contributed by atoms with Crippen molar-refractivity contribution in [3.8, 4) is 16.9 Å². The van der Waals surface area contributed by atoms with Gasteiger partial charge in [-0.25, -0.2) is 26.6 Å². The number of halogens is 4. The molecule has 164 valence electrons. The van der Waals surface area contributed by atoms with E-state index in [1.54, 1.807) is 22.9 Å². The largest absolute Gasteiger partial charge is 0.268 e. The molecule has 0 atom stereocenters. The molecule has 0 saturated heterocycles. The normalized spacial score (nSPS) is 11.7. The van der Waals surface area contributed by atoms with E-state index < -0.39 is 27.6 Å². The Hall–Kier alpha value is -3.01. The van der Waals surface area contributed by atoms with Gasteiger partial charge >= 0.3 is 0 Å². The lowest BCUT2D eigenvalue weighted by Crippen LogP contribution is -2.29. The van der Waals surface area contributed by atoms with Crippen molar-refractivity contribution in [1.29, 1.82) is 0 Å². The maximum absolute atomic E-state index is 15.1. The van der Waals surface area contributed by atoms with E-state index in [9.17, 15) is 17.6 Å². The minimum Gasteiger partial charge on any atom is -0.268 e. The van der Waals surface area contributed by atoms with E-state index in [2.05, 4.69) is 5.10 Å². The summed E-state index contributed by atoms with van der Waals surface area (Å²) in [4.78, 5) is 12.1. The number of amides is 1. The molecule has 4 aromatic rings. The van der Waals surface area contributed by atoms with Gasteiger partial charge in [0.05, 0.1) is 22.4 Å². The Bertz CT molecular complexity index is 1490. The standard InChI is InChI=1S/C21H13Cl2F2N3O3S/c1-32(30,31)27-21(29)14-9-17(25)19(10-16(14)23)28-18-7-4-12(22)8-15(18)20(26-28)11-2-5-13(24)6-3-11/h2-10H,1H3,(H,27,29). The molecule has 0 bridgehead atoms. The molecule has 0 aliphatic rings. The predicted octanol–water partition coefficient (Wildman–Crippen LogP) is 4.97. The molecule has 32 heavy (non-hydrogen) atoms. The second-order valence-electron chi connectivity index (χ2n) is 6.92. The fourth-order valence-corrected chi connectivity index (χ4v) is 4.05. The highest BCUT2D eigenvalue weighted by Crippen LogP contribution is 2.33. The zero-order valence-corrected chi connectivity index (χ0v) is 18.6. The quantitative estimate of drug-likeness (QED) is 0.433. The van der Waals surface area contributed by atoms with Crippen LogP contribution in [0.5, 0.6) is 0 Å². The van der Waals surface area contributed by atoms with Gasteiger partial charge in [0.1, 0.15) is 23.0 Å². The van der Waals surface area contributed by atoms with E-state index in [4.69, 9.17) is 23.2 Å². The summed E-state index contributed by atoms with van der Waals surface area (Å²) >= 11 is 12.3. The molecule has 6 nitrogen and oxygen atoms in total. The highest BCUT2D eigenvalue weighted by molar-refractivity contribution is 7.89. The van der Waals surface area contributed by atoms with Crippen LogP contribution in [0.3, 0.4) is 0 Å². The summed E-state index contributed by atoms with van der Waals surface area (Å²) in [6.45, 7) is 0. The van der Waals surface area contributed by atoms with Crippen LogP contribution >= 0.6 is 23.2 Å². The SMILES string of the molecule is CS(=O)(=O)NC(=O)c1cc(F)c(-n2nc(-c3ccc(F)cc3)c3cc(Cl)ccc32)cc1Cl. The average Bonchev–Trinajstić information content (AvgIpc) is 3.07. The zero-order valence-electron chi connectivity index (χ0n) is 16.2. The monoisotopic (exact) mass is 495 g/mol. The Morgan fingerprint density at radius 1 is 1.03 bits per heavy atom. The number of hydrogen-bond donors (Lipinski definition) is 1. The summed E-state index contributed by atoms with van der Waals surface area (Å²) < 4.78 is 54.1. The lowest BCUT2D eigenvalue weighted by Gasteiger charge is -2.10. The third-order valence-corrected chi connectivity index (χ3v) is 5.65. The molecule has 1 N–H and O–H groups in total. The number of hydrogen-bond acceptors (Lipinski definition) is 4. The molecule has 0 saturated carbocycles. The number of nitrogens with zero attached hydrogens (tertiary/aromatic N) is 2. The van der Waals surface area contributed by atoms with Crippen molar-refractivity contribution < 1.29 is 22.0 Å². The number of carbonyl (C=O) groups excluding carboxylic acids is 1. The lowest BCUT2D eigenvalue weighted by molar-refractivity contribution is 0.0981. The van der Waals surface area contributed by atoms with Gasteiger partial charge in [-0.15, -0.1) is 0 Å². The van der Waals surface area contributed by atoms with Crippen LogP contribution in [0.1, 0.15) is 10.4 Å². The molecule has 0 radical (unpaired) electrons. The van der Waals surface area contributed by atoms with E-state index in [1.165, 1.54) is 35.0 Å².